The van der Waals surface area contributed by atoms with Crippen molar-refractivity contribution in [2.45, 2.75) is 44.4 Å². The van der Waals surface area contributed by atoms with Crippen LogP contribution in [0.3, 0.4) is 0 Å². The second-order valence-electron chi connectivity index (χ2n) is 9.57. The Bertz CT molecular complexity index is 1310. The first-order chi connectivity index (χ1) is 17.6. The first kappa shape index (κ1) is 22.8. The summed E-state index contributed by atoms with van der Waals surface area (Å²) in [5.41, 5.74) is 2.66. The van der Waals surface area contributed by atoms with E-state index in [1.54, 1.807) is 22.9 Å². The molecule has 0 amide bonds. The summed E-state index contributed by atoms with van der Waals surface area (Å²) in [6.07, 6.45) is 5.65. The van der Waals surface area contributed by atoms with Crippen molar-refractivity contribution in [3.63, 3.8) is 0 Å². The van der Waals surface area contributed by atoms with Gasteiger partial charge in [-0.3, -0.25) is 4.57 Å². The Labute approximate surface area is 209 Å². The van der Waals surface area contributed by atoms with Gasteiger partial charge in [0.1, 0.15) is 19.0 Å². The van der Waals surface area contributed by atoms with Gasteiger partial charge in [0, 0.05) is 30.4 Å². The quantitative estimate of drug-likeness (QED) is 0.500. The maximum Gasteiger partial charge on any atom is 0.351 e. The number of pyridine rings is 1. The van der Waals surface area contributed by atoms with Gasteiger partial charge in [-0.1, -0.05) is 0 Å². The Morgan fingerprint density at radius 1 is 1.17 bits per heavy atom. The van der Waals surface area contributed by atoms with Crippen LogP contribution in [0, 0.1) is 0 Å². The SMILES string of the molecule is CN1CCCC1CCOc1ccc2c(c1)CCn1c-2cc(OCC2COc3ncccc3O2)nc1=O. The maximum absolute atomic E-state index is 12.7. The minimum atomic E-state index is -0.321. The largest absolute Gasteiger partial charge is 0.494 e. The number of fused-ring (bicyclic) bond motifs is 4. The number of aromatic nitrogens is 3. The van der Waals surface area contributed by atoms with E-state index < -0.39 is 0 Å². The molecule has 0 bridgehead atoms. The summed E-state index contributed by atoms with van der Waals surface area (Å²) >= 11 is 0. The summed E-state index contributed by atoms with van der Waals surface area (Å²) < 4.78 is 25.2. The lowest BCUT2D eigenvalue weighted by molar-refractivity contribution is 0.0486. The first-order valence-electron chi connectivity index (χ1n) is 12.6. The summed E-state index contributed by atoms with van der Waals surface area (Å²) in [5, 5.41) is 0. The van der Waals surface area contributed by atoms with E-state index in [1.165, 1.54) is 19.4 Å². The molecule has 0 aliphatic carbocycles. The topological polar surface area (TPSA) is 87.9 Å². The normalized spacial score (nSPS) is 20.5. The van der Waals surface area contributed by atoms with Crippen LogP contribution >= 0.6 is 0 Å². The van der Waals surface area contributed by atoms with E-state index in [9.17, 15) is 4.79 Å². The Kier molecular flexibility index (Phi) is 6.23. The van der Waals surface area contributed by atoms with Crippen LogP contribution in [0.15, 0.2) is 47.4 Å². The predicted octanol–water partition coefficient (Wildman–Crippen LogP) is 2.94. The zero-order valence-corrected chi connectivity index (χ0v) is 20.4. The summed E-state index contributed by atoms with van der Waals surface area (Å²) in [4.78, 5) is 23.4. The van der Waals surface area contributed by atoms with Crippen LogP contribution in [-0.4, -0.2) is 65.0 Å². The van der Waals surface area contributed by atoms with E-state index in [1.807, 2.05) is 18.2 Å². The summed E-state index contributed by atoms with van der Waals surface area (Å²) in [6.45, 7) is 2.99. The number of likely N-dealkylation sites (tertiary alicyclic amines) is 1. The fraction of sp³-hybridized carbons (Fsp3) is 0.444. The van der Waals surface area contributed by atoms with E-state index >= 15 is 0 Å². The number of ether oxygens (including phenoxy) is 4. The second-order valence-corrected chi connectivity index (χ2v) is 9.57. The lowest BCUT2D eigenvalue weighted by atomic mass is 9.97. The molecular weight excluding hydrogens is 460 g/mol. The molecule has 3 aliphatic heterocycles. The fourth-order valence-corrected chi connectivity index (χ4v) is 5.22. The third-order valence-corrected chi connectivity index (χ3v) is 7.19. The molecule has 5 heterocycles. The molecule has 1 fully saturated rings. The minimum Gasteiger partial charge on any atom is -0.494 e. The van der Waals surface area contributed by atoms with Gasteiger partial charge in [-0.15, -0.1) is 0 Å². The Hall–Kier alpha value is -3.59. The summed E-state index contributed by atoms with van der Waals surface area (Å²) in [5.74, 6) is 2.21. The molecule has 0 saturated carbocycles. The average molecular weight is 491 g/mol. The molecule has 9 nitrogen and oxygen atoms in total. The zero-order chi connectivity index (χ0) is 24.5. The van der Waals surface area contributed by atoms with Crippen molar-refractivity contribution in [3.05, 3.63) is 58.6 Å². The van der Waals surface area contributed by atoms with Crippen molar-refractivity contribution in [2.75, 3.05) is 33.4 Å². The van der Waals surface area contributed by atoms with Gasteiger partial charge in [-0.05, 0) is 75.2 Å². The Morgan fingerprint density at radius 2 is 2.11 bits per heavy atom. The lowest BCUT2D eigenvalue weighted by Gasteiger charge is -2.26. The van der Waals surface area contributed by atoms with Crippen molar-refractivity contribution >= 4 is 0 Å². The number of hydrogen-bond donors (Lipinski definition) is 0. The van der Waals surface area contributed by atoms with E-state index in [2.05, 4.69) is 28.0 Å². The Balaban J connectivity index is 1.13. The van der Waals surface area contributed by atoms with Gasteiger partial charge in [0.05, 0.1) is 12.3 Å². The van der Waals surface area contributed by atoms with Gasteiger partial charge in [-0.25, -0.2) is 9.78 Å². The molecule has 0 N–H and O–H groups in total. The molecule has 1 saturated heterocycles. The monoisotopic (exact) mass is 490 g/mol. The number of nitrogens with zero attached hydrogens (tertiary/aromatic N) is 4. The third kappa shape index (κ3) is 4.63. The highest BCUT2D eigenvalue weighted by molar-refractivity contribution is 5.67. The van der Waals surface area contributed by atoms with Gasteiger partial charge in [0.2, 0.25) is 5.88 Å². The molecule has 36 heavy (non-hydrogen) atoms. The van der Waals surface area contributed by atoms with Crippen LogP contribution < -0.4 is 24.6 Å². The molecule has 9 heteroatoms. The molecule has 0 spiro atoms. The van der Waals surface area contributed by atoms with E-state index in [-0.39, 0.29) is 24.3 Å². The number of aryl methyl sites for hydroxylation is 1. The van der Waals surface area contributed by atoms with E-state index in [0.717, 1.165) is 35.4 Å². The van der Waals surface area contributed by atoms with Crippen molar-refractivity contribution in [1.82, 2.24) is 19.4 Å². The first-order valence-corrected chi connectivity index (χ1v) is 12.6. The van der Waals surface area contributed by atoms with Crippen LogP contribution in [0.25, 0.3) is 11.3 Å². The Morgan fingerprint density at radius 3 is 3.00 bits per heavy atom. The molecule has 1 aromatic carbocycles. The number of benzene rings is 1. The molecule has 3 aliphatic rings. The molecular formula is C27H30N4O5. The maximum atomic E-state index is 12.7. The predicted molar refractivity (Wildman–Crippen MR) is 133 cm³/mol. The molecule has 0 radical (unpaired) electrons. The molecule has 2 unspecified atom stereocenters. The highest BCUT2D eigenvalue weighted by atomic mass is 16.6. The molecule has 2 aromatic heterocycles. The second kappa shape index (κ2) is 9.81. The van der Waals surface area contributed by atoms with Crippen molar-refractivity contribution in [1.29, 1.82) is 0 Å². The average Bonchev–Trinajstić information content (AvgIpc) is 3.31. The van der Waals surface area contributed by atoms with Crippen LogP contribution in [0.1, 0.15) is 24.8 Å². The van der Waals surface area contributed by atoms with Gasteiger partial charge in [0.25, 0.3) is 5.88 Å². The van der Waals surface area contributed by atoms with Crippen molar-refractivity contribution < 1.29 is 18.9 Å². The number of rotatable bonds is 7. The van der Waals surface area contributed by atoms with Crippen molar-refractivity contribution in [3.8, 4) is 34.5 Å². The fourth-order valence-electron chi connectivity index (χ4n) is 5.22. The molecule has 2 atom stereocenters. The molecule has 188 valence electrons. The van der Waals surface area contributed by atoms with Crippen LogP contribution in [0.5, 0.6) is 23.3 Å². The van der Waals surface area contributed by atoms with E-state index in [0.29, 0.717) is 37.4 Å². The van der Waals surface area contributed by atoms with Crippen molar-refractivity contribution in [2.24, 2.45) is 0 Å². The van der Waals surface area contributed by atoms with Crippen LogP contribution in [-0.2, 0) is 13.0 Å². The summed E-state index contributed by atoms with van der Waals surface area (Å²) in [7, 11) is 2.19. The van der Waals surface area contributed by atoms with Gasteiger partial charge >= 0.3 is 5.69 Å². The number of hydrogen-bond acceptors (Lipinski definition) is 8. The van der Waals surface area contributed by atoms with Crippen LogP contribution in [0.2, 0.25) is 0 Å². The molecule has 3 aromatic rings. The van der Waals surface area contributed by atoms with E-state index in [4.69, 9.17) is 18.9 Å². The minimum absolute atomic E-state index is 0.208. The molecule has 6 rings (SSSR count). The zero-order valence-electron chi connectivity index (χ0n) is 20.4. The highest BCUT2D eigenvalue weighted by Gasteiger charge is 2.24. The lowest BCUT2D eigenvalue weighted by Crippen LogP contribution is -2.35. The van der Waals surface area contributed by atoms with Crippen LogP contribution in [0.4, 0.5) is 0 Å². The summed E-state index contributed by atoms with van der Waals surface area (Å²) in [6, 6.07) is 12.2. The highest BCUT2D eigenvalue weighted by Crippen LogP contribution is 2.33. The van der Waals surface area contributed by atoms with Gasteiger partial charge in [0.15, 0.2) is 11.9 Å². The third-order valence-electron chi connectivity index (χ3n) is 7.19. The smallest absolute Gasteiger partial charge is 0.351 e. The van der Waals surface area contributed by atoms with Gasteiger partial charge < -0.3 is 23.8 Å². The standard InChI is InChI=1S/C27H30N4O5/c1-30-11-3-4-19(30)9-13-33-20-6-7-22-18(14-20)8-12-31-23(22)15-25(29-27(31)32)34-16-21-17-35-26-24(36-21)5-2-10-28-26/h2,5-7,10,14-15,19,21H,3-4,8-9,11-13,16-17H2,1H3. The van der Waals surface area contributed by atoms with Gasteiger partial charge in [-0.2, -0.15) is 4.98 Å².